The van der Waals surface area contributed by atoms with E-state index >= 15 is 0 Å². The van der Waals surface area contributed by atoms with Crippen molar-refractivity contribution in [2.45, 2.75) is 121 Å². The highest BCUT2D eigenvalue weighted by molar-refractivity contribution is 7.90. The first-order valence-electron chi connectivity index (χ1n) is 19.1. The maximum atomic E-state index is 14.5. The van der Waals surface area contributed by atoms with Crippen molar-refractivity contribution in [2.24, 2.45) is 23.2 Å². The van der Waals surface area contributed by atoms with E-state index in [4.69, 9.17) is 9.47 Å². The first-order valence-corrected chi connectivity index (χ1v) is 20.6. The smallest absolute Gasteiger partial charge is 0.410 e. The van der Waals surface area contributed by atoms with Crippen molar-refractivity contribution in [2.75, 3.05) is 6.54 Å². The molecule has 55 heavy (non-hydrogen) atoms. The van der Waals surface area contributed by atoms with Crippen LogP contribution in [0.3, 0.4) is 0 Å². The van der Waals surface area contributed by atoms with Gasteiger partial charge in [-0.25, -0.2) is 17.6 Å². The minimum Gasteiger partial charge on any atom is -0.460 e. The second-order valence-electron chi connectivity index (χ2n) is 16.7. The Balaban J connectivity index is 1.23. The molecule has 1 N–H and O–H groups in total. The number of hydrogen-bond acceptors (Lipinski definition) is 10. The molecule has 0 radical (unpaired) electrons. The molecule has 13 nitrogen and oxygen atoms in total. The van der Waals surface area contributed by atoms with Crippen LogP contribution < -0.4 is 4.72 Å². The summed E-state index contributed by atoms with van der Waals surface area (Å²) in [5.74, 6) is -4.51. The van der Waals surface area contributed by atoms with Gasteiger partial charge in [-0.3, -0.25) is 33.6 Å². The van der Waals surface area contributed by atoms with Gasteiger partial charge in [0.15, 0.2) is 11.6 Å². The Bertz CT molecular complexity index is 1900. The van der Waals surface area contributed by atoms with Crippen LogP contribution in [0, 0.1) is 29.0 Å². The second-order valence-corrected chi connectivity index (χ2v) is 18.7. The van der Waals surface area contributed by atoms with Gasteiger partial charge in [0, 0.05) is 37.3 Å². The minimum absolute atomic E-state index is 0.0186. The molecule has 298 valence electrons. The van der Waals surface area contributed by atoms with Crippen LogP contribution in [-0.4, -0.2) is 83.2 Å². The van der Waals surface area contributed by atoms with Crippen LogP contribution in [0.5, 0.6) is 0 Å². The maximum absolute atomic E-state index is 14.5. The fourth-order valence-electron chi connectivity index (χ4n) is 7.53. The standard InChI is InChI=1S/C40H50FN3O10S/c1-5-27-19-40(27,37(49)42-55(51,52)30-15-16-30)20-34(46)33-18-29(53-38(50)43-21-26-7-6-8-32(41)31(26)23-43)22-44(33)36(48)25(17-35(47)54-39(2,3)4)12-14-28(45)13-11-24-9-10-24/h5-8,11,13,24-25,27,29-30,33H,1,9-10,12,14-23H2,2-4H3,(H,42,49)/b13-11+/t25-,27-,29?,33+,40-/m1/s1. The molecule has 4 fully saturated rings. The van der Waals surface area contributed by atoms with Crippen molar-refractivity contribution in [3.8, 4) is 0 Å². The van der Waals surface area contributed by atoms with Crippen LogP contribution in [0.15, 0.2) is 43.0 Å². The third-order valence-electron chi connectivity index (χ3n) is 11.0. The fraction of sp³-hybridized carbons (Fsp3) is 0.600. The lowest BCUT2D eigenvalue weighted by molar-refractivity contribution is -0.159. The molecule has 2 aliphatic heterocycles. The second kappa shape index (κ2) is 15.6. The summed E-state index contributed by atoms with van der Waals surface area (Å²) in [5.41, 5.74) is -1.25. The number of benzene rings is 1. The molecule has 15 heteroatoms. The Morgan fingerprint density at radius 2 is 1.82 bits per heavy atom. The number of likely N-dealkylation sites (tertiary alicyclic amines) is 1. The number of ketones is 2. The zero-order chi connectivity index (χ0) is 39.9. The number of allylic oxidation sites excluding steroid dienone is 3. The van der Waals surface area contributed by atoms with Crippen LogP contribution in [0.25, 0.3) is 0 Å². The topological polar surface area (TPSA) is 174 Å². The van der Waals surface area contributed by atoms with E-state index in [0.29, 0.717) is 29.9 Å². The highest BCUT2D eigenvalue weighted by atomic mass is 32.2. The Labute approximate surface area is 321 Å². The van der Waals surface area contributed by atoms with E-state index in [1.54, 1.807) is 32.9 Å². The maximum Gasteiger partial charge on any atom is 0.410 e. The molecule has 3 amide bonds. The molecule has 3 aliphatic carbocycles. The van der Waals surface area contributed by atoms with Gasteiger partial charge in [-0.15, -0.1) is 6.58 Å². The number of nitrogens with zero attached hydrogens (tertiary/aromatic N) is 2. The predicted molar refractivity (Wildman–Crippen MR) is 197 cm³/mol. The number of esters is 1. The Kier molecular flexibility index (Phi) is 11.4. The van der Waals surface area contributed by atoms with E-state index in [1.807, 2.05) is 6.08 Å². The number of sulfonamides is 1. The van der Waals surface area contributed by atoms with E-state index < -0.39 is 92.2 Å². The third-order valence-corrected chi connectivity index (χ3v) is 12.8. The Hall–Kier alpha value is -4.40. The van der Waals surface area contributed by atoms with Gasteiger partial charge in [0.25, 0.3) is 0 Å². The SMILES string of the molecule is C=C[C@@H]1C[C@]1(CC(=O)[C@@H]1CC(OC(=O)N2Cc3cccc(F)c3C2)CN1C(=O)[C@H](CCC(=O)/C=C/C1CC1)CC(=O)OC(C)(C)C)C(=O)NS(=O)(=O)C1CC1. The summed E-state index contributed by atoms with van der Waals surface area (Å²) in [4.78, 5) is 84.2. The quantitative estimate of drug-likeness (QED) is 0.141. The van der Waals surface area contributed by atoms with Gasteiger partial charge in [0.2, 0.25) is 21.8 Å². The van der Waals surface area contributed by atoms with Crippen molar-refractivity contribution in [1.29, 1.82) is 0 Å². The van der Waals surface area contributed by atoms with Crippen molar-refractivity contribution >= 4 is 45.5 Å². The monoisotopic (exact) mass is 783 g/mol. The number of ether oxygens (including phenoxy) is 2. The molecule has 2 heterocycles. The van der Waals surface area contributed by atoms with Crippen LogP contribution in [0.4, 0.5) is 9.18 Å². The van der Waals surface area contributed by atoms with E-state index in [2.05, 4.69) is 11.3 Å². The van der Waals surface area contributed by atoms with Gasteiger partial charge in [-0.1, -0.05) is 24.3 Å². The molecule has 6 rings (SSSR count). The number of halogens is 1. The summed E-state index contributed by atoms with van der Waals surface area (Å²) in [6.45, 7) is 8.68. The summed E-state index contributed by atoms with van der Waals surface area (Å²) in [7, 11) is -3.92. The number of rotatable bonds is 16. The zero-order valence-corrected chi connectivity index (χ0v) is 32.4. The van der Waals surface area contributed by atoms with Gasteiger partial charge in [0.1, 0.15) is 17.5 Å². The molecule has 1 aromatic rings. The number of amides is 3. The fourth-order valence-corrected chi connectivity index (χ4v) is 8.92. The van der Waals surface area contributed by atoms with Crippen molar-refractivity contribution in [3.05, 3.63) is 60.0 Å². The first kappa shape index (κ1) is 40.3. The summed E-state index contributed by atoms with van der Waals surface area (Å²) in [6, 6.07) is 3.36. The molecule has 5 atom stereocenters. The number of fused-ring (bicyclic) bond motifs is 1. The van der Waals surface area contributed by atoms with Gasteiger partial charge in [-0.05, 0) is 88.8 Å². The Morgan fingerprint density at radius 1 is 1.09 bits per heavy atom. The predicted octanol–water partition coefficient (Wildman–Crippen LogP) is 4.67. The highest BCUT2D eigenvalue weighted by Gasteiger charge is 2.61. The minimum atomic E-state index is -3.92. The summed E-state index contributed by atoms with van der Waals surface area (Å²) in [6.07, 6.45) is 5.16. The lowest BCUT2D eigenvalue weighted by Crippen LogP contribution is -2.46. The lowest BCUT2D eigenvalue weighted by Gasteiger charge is -2.29. The van der Waals surface area contributed by atoms with Crippen LogP contribution in [0.2, 0.25) is 0 Å². The van der Waals surface area contributed by atoms with Gasteiger partial charge in [-0.2, -0.15) is 0 Å². The highest BCUT2D eigenvalue weighted by Crippen LogP contribution is 2.57. The third kappa shape index (κ3) is 9.71. The molecular formula is C40H50FN3O10S. The number of hydrogen-bond donors (Lipinski definition) is 1. The molecule has 1 unspecified atom stereocenters. The molecule has 0 spiro atoms. The van der Waals surface area contributed by atoms with Crippen molar-refractivity contribution in [1.82, 2.24) is 14.5 Å². The van der Waals surface area contributed by atoms with Crippen LogP contribution in [0.1, 0.15) is 96.1 Å². The van der Waals surface area contributed by atoms with Crippen LogP contribution in [-0.2, 0) is 56.6 Å². The molecular weight excluding hydrogens is 734 g/mol. The summed E-state index contributed by atoms with van der Waals surface area (Å²) in [5, 5.41) is -0.665. The van der Waals surface area contributed by atoms with E-state index in [-0.39, 0.29) is 57.5 Å². The largest absolute Gasteiger partial charge is 0.460 e. The number of Topliss-reactive ketones (excluding diaryl/α,β-unsaturated/α-hetero) is 1. The van der Waals surface area contributed by atoms with Crippen molar-refractivity contribution in [3.63, 3.8) is 0 Å². The number of carbonyl (C=O) groups is 6. The average molecular weight is 784 g/mol. The lowest BCUT2D eigenvalue weighted by atomic mass is 9.90. The molecule has 0 aromatic heterocycles. The normalized spacial score (nSPS) is 25.3. The van der Waals surface area contributed by atoms with Gasteiger partial charge in [0.05, 0.1) is 36.2 Å². The summed E-state index contributed by atoms with van der Waals surface area (Å²) >= 11 is 0. The average Bonchev–Trinajstić information content (AvgIpc) is 4.04. The molecule has 1 aromatic carbocycles. The number of carbonyl (C=O) groups excluding carboxylic acids is 6. The van der Waals surface area contributed by atoms with Crippen molar-refractivity contribution < 1.29 is 51.0 Å². The molecule has 0 bridgehead atoms. The molecule has 3 saturated carbocycles. The van der Waals surface area contributed by atoms with E-state index in [1.165, 1.54) is 28.0 Å². The molecule has 1 saturated heterocycles. The van der Waals surface area contributed by atoms with E-state index in [0.717, 1.165) is 12.8 Å². The molecule has 5 aliphatic rings. The van der Waals surface area contributed by atoms with E-state index in [9.17, 15) is 41.6 Å². The first-order chi connectivity index (χ1) is 25.9. The Morgan fingerprint density at radius 3 is 2.44 bits per heavy atom. The number of nitrogens with one attached hydrogen (secondary N) is 1. The van der Waals surface area contributed by atoms with Gasteiger partial charge >= 0.3 is 12.1 Å². The zero-order valence-electron chi connectivity index (χ0n) is 31.6. The van der Waals surface area contributed by atoms with Gasteiger partial charge < -0.3 is 14.4 Å². The summed E-state index contributed by atoms with van der Waals surface area (Å²) < 4.78 is 53.4. The van der Waals surface area contributed by atoms with Crippen LogP contribution >= 0.6 is 0 Å².